The van der Waals surface area contributed by atoms with Crippen molar-refractivity contribution in [3.8, 4) is 5.75 Å². The zero-order valence-electron chi connectivity index (χ0n) is 9.29. The number of halogens is 3. The summed E-state index contributed by atoms with van der Waals surface area (Å²) in [6.07, 6.45) is 0. The van der Waals surface area contributed by atoms with E-state index in [2.05, 4.69) is 0 Å². The van der Waals surface area contributed by atoms with E-state index in [0.717, 1.165) is 5.56 Å². The standard InChI is InChI=1S/C13H10Cl3NO/c14-9-5-11(15)13(12(16)6-9)18-7-8-2-1-3-10(17)4-8/h1-6H,7,17H2. The topological polar surface area (TPSA) is 35.2 Å². The highest BCUT2D eigenvalue weighted by molar-refractivity contribution is 6.40. The van der Waals surface area contributed by atoms with Crippen LogP contribution < -0.4 is 10.5 Å². The predicted molar refractivity (Wildman–Crippen MR) is 76.7 cm³/mol. The molecule has 0 radical (unpaired) electrons. The summed E-state index contributed by atoms with van der Waals surface area (Å²) in [4.78, 5) is 0. The van der Waals surface area contributed by atoms with Crippen molar-refractivity contribution in [1.29, 1.82) is 0 Å². The van der Waals surface area contributed by atoms with Crippen molar-refractivity contribution in [3.05, 3.63) is 57.0 Å². The highest BCUT2D eigenvalue weighted by Crippen LogP contribution is 2.36. The third-order valence-corrected chi connectivity index (χ3v) is 3.08. The lowest BCUT2D eigenvalue weighted by molar-refractivity contribution is 0.306. The van der Waals surface area contributed by atoms with E-state index in [0.29, 0.717) is 33.1 Å². The van der Waals surface area contributed by atoms with Gasteiger partial charge in [-0.2, -0.15) is 0 Å². The molecule has 5 heteroatoms. The fourth-order valence-electron chi connectivity index (χ4n) is 1.51. The number of anilines is 1. The second kappa shape index (κ2) is 5.70. The minimum Gasteiger partial charge on any atom is -0.486 e. The molecule has 0 bridgehead atoms. The van der Waals surface area contributed by atoms with E-state index in [-0.39, 0.29) is 0 Å². The SMILES string of the molecule is Nc1cccc(COc2c(Cl)cc(Cl)cc2Cl)c1. The minimum absolute atomic E-state index is 0.339. The smallest absolute Gasteiger partial charge is 0.157 e. The molecule has 0 atom stereocenters. The largest absolute Gasteiger partial charge is 0.486 e. The third kappa shape index (κ3) is 3.22. The molecule has 18 heavy (non-hydrogen) atoms. The van der Waals surface area contributed by atoms with Crippen molar-refractivity contribution >= 4 is 40.5 Å². The van der Waals surface area contributed by atoms with Crippen LogP contribution in [0.25, 0.3) is 0 Å². The molecule has 0 heterocycles. The molecule has 2 aromatic rings. The van der Waals surface area contributed by atoms with Crippen LogP contribution in [0.15, 0.2) is 36.4 Å². The first-order chi connectivity index (χ1) is 8.56. The van der Waals surface area contributed by atoms with Gasteiger partial charge in [-0.15, -0.1) is 0 Å². The van der Waals surface area contributed by atoms with Gasteiger partial charge in [-0.05, 0) is 29.8 Å². The fraction of sp³-hybridized carbons (Fsp3) is 0.0769. The summed E-state index contributed by atoms with van der Waals surface area (Å²) in [6.45, 7) is 0.339. The molecule has 0 aliphatic rings. The van der Waals surface area contributed by atoms with Gasteiger partial charge in [0.25, 0.3) is 0 Å². The van der Waals surface area contributed by atoms with Crippen LogP contribution in [0.4, 0.5) is 5.69 Å². The molecule has 0 saturated heterocycles. The van der Waals surface area contributed by atoms with Gasteiger partial charge in [0.05, 0.1) is 10.0 Å². The van der Waals surface area contributed by atoms with E-state index in [9.17, 15) is 0 Å². The Balaban J connectivity index is 2.16. The maximum absolute atomic E-state index is 6.01. The zero-order chi connectivity index (χ0) is 13.1. The number of rotatable bonds is 3. The molecule has 0 aliphatic heterocycles. The second-order valence-corrected chi connectivity index (χ2v) is 4.98. The first kappa shape index (κ1) is 13.3. The molecular weight excluding hydrogens is 293 g/mol. The van der Waals surface area contributed by atoms with Crippen LogP contribution in [0, 0.1) is 0 Å². The Morgan fingerprint density at radius 1 is 1.00 bits per heavy atom. The lowest BCUT2D eigenvalue weighted by Crippen LogP contribution is -1.97. The molecule has 2 rings (SSSR count). The van der Waals surface area contributed by atoms with Crippen LogP contribution in [-0.2, 0) is 6.61 Å². The van der Waals surface area contributed by atoms with E-state index in [4.69, 9.17) is 45.3 Å². The summed E-state index contributed by atoms with van der Waals surface area (Å²) < 4.78 is 5.59. The van der Waals surface area contributed by atoms with Gasteiger partial charge in [0.1, 0.15) is 6.61 Å². The Morgan fingerprint density at radius 2 is 1.67 bits per heavy atom. The second-order valence-electron chi connectivity index (χ2n) is 3.73. The van der Waals surface area contributed by atoms with Gasteiger partial charge in [0.15, 0.2) is 5.75 Å². The molecule has 2 nitrogen and oxygen atoms in total. The van der Waals surface area contributed by atoms with Crippen molar-refractivity contribution in [1.82, 2.24) is 0 Å². The number of hydrogen-bond acceptors (Lipinski definition) is 2. The van der Waals surface area contributed by atoms with E-state index < -0.39 is 0 Å². The Kier molecular flexibility index (Phi) is 4.23. The minimum atomic E-state index is 0.339. The van der Waals surface area contributed by atoms with Crippen molar-refractivity contribution in [3.63, 3.8) is 0 Å². The van der Waals surface area contributed by atoms with Gasteiger partial charge in [0.2, 0.25) is 0 Å². The monoisotopic (exact) mass is 301 g/mol. The summed E-state index contributed by atoms with van der Waals surface area (Å²) in [5.41, 5.74) is 7.31. The van der Waals surface area contributed by atoms with Crippen LogP contribution in [0.3, 0.4) is 0 Å². The summed E-state index contributed by atoms with van der Waals surface area (Å²) in [5.74, 6) is 0.421. The van der Waals surface area contributed by atoms with Gasteiger partial charge in [-0.1, -0.05) is 46.9 Å². The van der Waals surface area contributed by atoms with Crippen LogP contribution in [0.2, 0.25) is 15.1 Å². The zero-order valence-corrected chi connectivity index (χ0v) is 11.6. The van der Waals surface area contributed by atoms with Crippen molar-refractivity contribution < 1.29 is 4.74 Å². The van der Waals surface area contributed by atoms with Gasteiger partial charge < -0.3 is 10.5 Å². The number of hydrogen-bond donors (Lipinski definition) is 1. The Labute approximate surface area is 120 Å². The highest BCUT2D eigenvalue weighted by atomic mass is 35.5. The highest BCUT2D eigenvalue weighted by Gasteiger charge is 2.09. The maximum Gasteiger partial charge on any atom is 0.157 e. The first-order valence-corrected chi connectivity index (χ1v) is 6.31. The van der Waals surface area contributed by atoms with Gasteiger partial charge in [-0.25, -0.2) is 0 Å². The summed E-state index contributed by atoms with van der Waals surface area (Å²) in [7, 11) is 0. The summed E-state index contributed by atoms with van der Waals surface area (Å²) in [5, 5.41) is 1.24. The molecular formula is C13H10Cl3NO. The lowest BCUT2D eigenvalue weighted by atomic mass is 10.2. The first-order valence-electron chi connectivity index (χ1n) is 5.18. The molecule has 0 saturated carbocycles. The van der Waals surface area contributed by atoms with Crippen molar-refractivity contribution in [2.75, 3.05) is 5.73 Å². The molecule has 0 aliphatic carbocycles. The van der Waals surface area contributed by atoms with E-state index in [1.807, 2.05) is 24.3 Å². The molecule has 94 valence electrons. The van der Waals surface area contributed by atoms with Crippen molar-refractivity contribution in [2.24, 2.45) is 0 Å². The fourth-order valence-corrected chi connectivity index (χ4v) is 2.43. The lowest BCUT2D eigenvalue weighted by Gasteiger charge is -2.10. The van der Waals surface area contributed by atoms with E-state index in [1.54, 1.807) is 12.1 Å². The van der Waals surface area contributed by atoms with Crippen LogP contribution in [0.5, 0.6) is 5.75 Å². The van der Waals surface area contributed by atoms with Crippen LogP contribution >= 0.6 is 34.8 Å². The number of ether oxygens (including phenoxy) is 1. The van der Waals surface area contributed by atoms with Crippen LogP contribution in [-0.4, -0.2) is 0 Å². The van der Waals surface area contributed by atoms with Gasteiger partial charge in [-0.3, -0.25) is 0 Å². The molecule has 0 fully saturated rings. The quantitative estimate of drug-likeness (QED) is 0.826. The maximum atomic E-state index is 6.01. The van der Waals surface area contributed by atoms with Crippen molar-refractivity contribution in [2.45, 2.75) is 6.61 Å². The predicted octanol–water partition coefficient (Wildman–Crippen LogP) is 4.81. The molecule has 0 amide bonds. The Hall–Kier alpha value is -1.09. The summed E-state index contributed by atoms with van der Waals surface area (Å²) >= 11 is 17.8. The molecule has 2 N–H and O–H groups in total. The van der Waals surface area contributed by atoms with E-state index in [1.165, 1.54) is 0 Å². The van der Waals surface area contributed by atoms with E-state index >= 15 is 0 Å². The third-order valence-electron chi connectivity index (χ3n) is 2.30. The van der Waals surface area contributed by atoms with Gasteiger partial charge in [0, 0.05) is 10.7 Å². The average molecular weight is 303 g/mol. The van der Waals surface area contributed by atoms with Gasteiger partial charge >= 0.3 is 0 Å². The molecule has 2 aromatic carbocycles. The number of nitrogens with two attached hydrogens (primary N) is 1. The Bertz CT molecular complexity index is 549. The molecule has 0 unspecified atom stereocenters. The normalized spacial score (nSPS) is 10.4. The average Bonchev–Trinajstić information content (AvgIpc) is 2.27. The number of nitrogen functional groups attached to an aromatic ring is 1. The Morgan fingerprint density at radius 3 is 2.28 bits per heavy atom. The number of benzene rings is 2. The molecule has 0 aromatic heterocycles. The molecule has 0 spiro atoms. The van der Waals surface area contributed by atoms with Crippen LogP contribution in [0.1, 0.15) is 5.56 Å². The summed E-state index contributed by atoms with van der Waals surface area (Å²) in [6, 6.07) is 10.6.